The topological polar surface area (TPSA) is 8.17 Å². The van der Waals surface area contributed by atoms with E-state index in [0.29, 0.717) is 0 Å². The Labute approximate surface area is 338 Å². The maximum atomic E-state index is 2.49. The van der Waals surface area contributed by atoms with Crippen LogP contribution in [0.3, 0.4) is 0 Å². The van der Waals surface area contributed by atoms with Crippen molar-refractivity contribution < 1.29 is 0 Å². The molecular formula is C56H40N2. The molecule has 58 heavy (non-hydrogen) atoms. The van der Waals surface area contributed by atoms with E-state index in [1.807, 2.05) is 0 Å². The lowest BCUT2D eigenvalue weighted by Gasteiger charge is -2.33. The average Bonchev–Trinajstić information content (AvgIpc) is 3.64. The first kappa shape index (κ1) is 33.9. The van der Waals surface area contributed by atoms with Gasteiger partial charge in [0.1, 0.15) is 0 Å². The fraction of sp³-hybridized carbons (Fsp3) is 0.0357. The Hall–Kier alpha value is -7.42. The third-order valence-electron chi connectivity index (χ3n) is 11.9. The number of benzene rings is 9. The van der Waals surface area contributed by atoms with Crippen LogP contribution in [0.25, 0.3) is 71.3 Å². The van der Waals surface area contributed by atoms with Gasteiger partial charge in [0.2, 0.25) is 0 Å². The summed E-state index contributed by atoms with van der Waals surface area (Å²) in [6.07, 6.45) is 7.79. The molecule has 0 N–H and O–H groups in total. The van der Waals surface area contributed by atoms with Gasteiger partial charge in [0.15, 0.2) is 0 Å². The smallest absolute Gasteiger partial charge is 0.0541 e. The van der Waals surface area contributed by atoms with Crippen molar-refractivity contribution in [3.8, 4) is 27.9 Å². The predicted molar refractivity (Wildman–Crippen MR) is 246 cm³/mol. The molecule has 1 unspecified atom stereocenters. The number of fused-ring (bicyclic) bond motifs is 5. The van der Waals surface area contributed by atoms with E-state index < -0.39 is 0 Å². The molecule has 0 saturated heterocycles. The van der Waals surface area contributed by atoms with Crippen molar-refractivity contribution in [1.29, 1.82) is 0 Å². The van der Waals surface area contributed by atoms with E-state index in [9.17, 15) is 0 Å². The van der Waals surface area contributed by atoms with Gasteiger partial charge in [-0.25, -0.2) is 0 Å². The molecule has 9 aromatic carbocycles. The molecule has 1 atom stereocenters. The Kier molecular flexibility index (Phi) is 8.33. The van der Waals surface area contributed by atoms with E-state index in [0.717, 1.165) is 17.8 Å². The van der Waals surface area contributed by atoms with Crippen LogP contribution in [0.15, 0.2) is 230 Å². The van der Waals surface area contributed by atoms with E-state index in [2.05, 4.69) is 234 Å². The van der Waals surface area contributed by atoms with Crippen LogP contribution in [0.1, 0.15) is 17.9 Å². The fourth-order valence-electron chi connectivity index (χ4n) is 9.14. The quantitative estimate of drug-likeness (QED) is 0.158. The first-order valence-corrected chi connectivity index (χ1v) is 20.2. The summed E-state index contributed by atoms with van der Waals surface area (Å²) < 4.78 is 2.42. The first-order chi connectivity index (χ1) is 28.8. The average molecular weight is 741 g/mol. The van der Waals surface area contributed by atoms with E-state index in [1.165, 1.54) is 82.6 Å². The summed E-state index contributed by atoms with van der Waals surface area (Å²) in [4.78, 5) is 2.49. The Balaban J connectivity index is 1.01. The van der Waals surface area contributed by atoms with Crippen molar-refractivity contribution in [3.63, 3.8) is 0 Å². The summed E-state index contributed by atoms with van der Waals surface area (Å²) in [5.74, 6) is 0.192. The minimum Gasteiger partial charge on any atom is -0.314 e. The van der Waals surface area contributed by atoms with Crippen LogP contribution in [0.2, 0.25) is 0 Å². The lowest BCUT2D eigenvalue weighted by molar-refractivity contribution is 0.793. The number of aromatic nitrogens is 1. The number of anilines is 2. The monoisotopic (exact) mass is 740 g/mol. The first-order valence-electron chi connectivity index (χ1n) is 20.2. The summed E-state index contributed by atoms with van der Waals surface area (Å²) in [5, 5.41) is 7.55. The lowest BCUT2D eigenvalue weighted by atomic mass is 9.89. The van der Waals surface area contributed by atoms with Crippen molar-refractivity contribution in [2.45, 2.75) is 12.3 Å². The van der Waals surface area contributed by atoms with Gasteiger partial charge in [0.25, 0.3) is 0 Å². The van der Waals surface area contributed by atoms with Crippen molar-refractivity contribution in [2.24, 2.45) is 0 Å². The van der Waals surface area contributed by atoms with Crippen LogP contribution in [0.4, 0.5) is 11.4 Å². The normalized spacial score (nSPS) is 14.0. The Morgan fingerprint density at radius 3 is 1.88 bits per heavy atom. The number of allylic oxidation sites excluding steroid dienone is 4. The van der Waals surface area contributed by atoms with E-state index >= 15 is 0 Å². The van der Waals surface area contributed by atoms with Crippen LogP contribution >= 0.6 is 0 Å². The van der Waals surface area contributed by atoms with E-state index in [1.54, 1.807) is 0 Å². The zero-order chi connectivity index (χ0) is 38.4. The molecule has 0 amide bonds. The summed E-state index contributed by atoms with van der Waals surface area (Å²) >= 11 is 0. The molecule has 0 saturated carbocycles. The maximum absolute atomic E-state index is 2.49. The third-order valence-corrected chi connectivity index (χ3v) is 11.9. The van der Waals surface area contributed by atoms with E-state index in [-0.39, 0.29) is 5.92 Å². The highest BCUT2D eigenvalue weighted by atomic mass is 15.2. The molecule has 1 heterocycles. The highest BCUT2D eigenvalue weighted by molar-refractivity contribution is 6.09. The second kappa shape index (κ2) is 14.3. The molecule has 2 nitrogen and oxygen atoms in total. The highest BCUT2D eigenvalue weighted by Crippen LogP contribution is 2.44. The molecule has 2 heteroatoms. The van der Waals surface area contributed by atoms with Crippen molar-refractivity contribution >= 4 is 54.7 Å². The SMILES string of the molecule is C1=CC(c2cccc(-n3c4ccccc4c4ccccc43)c2)CC(N(c2ccc(-c3ccc4ccccc4c3)cc2)c2ccccc2-c2cccc3ccccc23)=C1. The molecule has 10 aromatic rings. The zero-order valence-electron chi connectivity index (χ0n) is 32.0. The molecule has 1 aromatic heterocycles. The predicted octanol–water partition coefficient (Wildman–Crippen LogP) is 15.2. The number of hydrogen-bond donors (Lipinski definition) is 0. The van der Waals surface area contributed by atoms with Crippen LogP contribution in [0, 0.1) is 0 Å². The lowest BCUT2D eigenvalue weighted by Crippen LogP contribution is -2.20. The van der Waals surface area contributed by atoms with Gasteiger partial charge in [-0.1, -0.05) is 170 Å². The zero-order valence-corrected chi connectivity index (χ0v) is 32.0. The largest absolute Gasteiger partial charge is 0.314 e. The molecule has 0 aliphatic heterocycles. The maximum Gasteiger partial charge on any atom is 0.0541 e. The number of hydrogen-bond acceptors (Lipinski definition) is 1. The van der Waals surface area contributed by atoms with Gasteiger partial charge >= 0.3 is 0 Å². The van der Waals surface area contributed by atoms with Gasteiger partial charge in [-0.05, 0) is 105 Å². The minimum absolute atomic E-state index is 0.192. The number of para-hydroxylation sites is 3. The molecule has 0 fully saturated rings. The molecule has 0 radical (unpaired) electrons. The summed E-state index contributed by atoms with van der Waals surface area (Å²) in [6, 6.07) is 75.4. The van der Waals surface area contributed by atoms with Gasteiger partial charge in [0, 0.05) is 39.3 Å². The third kappa shape index (κ3) is 5.90. The van der Waals surface area contributed by atoms with Crippen molar-refractivity contribution in [1.82, 2.24) is 4.57 Å². The molecule has 11 rings (SSSR count). The molecular weight excluding hydrogens is 701 g/mol. The van der Waals surface area contributed by atoms with Gasteiger partial charge < -0.3 is 9.47 Å². The molecule has 1 aliphatic carbocycles. The standard InChI is InChI=1S/C56H40N2/c1-2-16-42-36-45(31-30-39(42)14-1)40-32-34-46(35-33-40)57(54-27-8-5-23-51(54)50-26-13-17-41-15-3-4-22-49(41)50)47-20-11-18-43(37-47)44-19-12-21-48(38-44)58-55-28-9-6-24-52(55)53-25-7-10-29-56(53)58/h1-36,38,43H,37H2. The van der Waals surface area contributed by atoms with Crippen molar-refractivity contribution in [3.05, 3.63) is 236 Å². The number of rotatable bonds is 7. The van der Waals surface area contributed by atoms with Gasteiger partial charge in [-0.15, -0.1) is 0 Å². The van der Waals surface area contributed by atoms with Gasteiger partial charge in [-0.3, -0.25) is 0 Å². The van der Waals surface area contributed by atoms with E-state index in [4.69, 9.17) is 0 Å². The van der Waals surface area contributed by atoms with Crippen LogP contribution in [-0.4, -0.2) is 4.57 Å². The second-order valence-electron chi connectivity index (χ2n) is 15.3. The molecule has 1 aliphatic rings. The molecule has 0 bridgehead atoms. The van der Waals surface area contributed by atoms with Crippen LogP contribution in [0.5, 0.6) is 0 Å². The minimum atomic E-state index is 0.192. The Morgan fingerprint density at radius 1 is 0.448 bits per heavy atom. The van der Waals surface area contributed by atoms with Crippen LogP contribution < -0.4 is 4.90 Å². The summed E-state index contributed by atoms with van der Waals surface area (Å²) in [7, 11) is 0. The second-order valence-corrected chi connectivity index (χ2v) is 15.3. The fourth-order valence-corrected chi connectivity index (χ4v) is 9.14. The van der Waals surface area contributed by atoms with Gasteiger partial charge in [-0.2, -0.15) is 0 Å². The highest BCUT2D eigenvalue weighted by Gasteiger charge is 2.24. The summed E-state index contributed by atoms with van der Waals surface area (Å²) in [6.45, 7) is 0. The Bertz CT molecular complexity index is 3160. The van der Waals surface area contributed by atoms with Crippen LogP contribution in [-0.2, 0) is 0 Å². The molecule has 0 spiro atoms. The summed E-state index contributed by atoms with van der Waals surface area (Å²) in [5.41, 5.74) is 13.3. The molecule has 274 valence electrons. The number of nitrogens with zero attached hydrogens (tertiary/aromatic N) is 2. The van der Waals surface area contributed by atoms with Gasteiger partial charge in [0.05, 0.1) is 16.7 Å². The van der Waals surface area contributed by atoms with Crippen molar-refractivity contribution in [2.75, 3.05) is 4.90 Å². The Morgan fingerprint density at radius 2 is 1.07 bits per heavy atom.